The summed E-state index contributed by atoms with van der Waals surface area (Å²) in [6.07, 6.45) is 1.19. The number of thiophene rings is 1. The van der Waals surface area contributed by atoms with Gasteiger partial charge in [-0.25, -0.2) is 17.5 Å². The van der Waals surface area contributed by atoms with E-state index in [2.05, 4.69) is 11.8 Å². The highest BCUT2D eigenvalue weighted by atomic mass is 32.2. The largest absolute Gasteiger partial charge is 0.477 e. The Bertz CT molecular complexity index is 806. The first-order valence-electron chi connectivity index (χ1n) is 7.74. The molecule has 2 atom stereocenters. The van der Waals surface area contributed by atoms with E-state index in [9.17, 15) is 18.3 Å². The third kappa shape index (κ3) is 4.38. The van der Waals surface area contributed by atoms with Crippen LogP contribution in [0, 0.1) is 23.2 Å². The van der Waals surface area contributed by atoms with Crippen LogP contribution >= 0.6 is 11.3 Å². The summed E-state index contributed by atoms with van der Waals surface area (Å²) in [5, 5.41) is 9.51. The lowest BCUT2D eigenvalue weighted by Crippen LogP contribution is -2.27. The molecule has 132 valence electrons. The van der Waals surface area contributed by atoms with Crippen LogP contribution in [0.1, 0.15) is 53.7 Å². The van der Waals surface area contributed by atoms with Crippen molar-refractivity contribution in [2.45, 2.75) is 33.6 Å². The molecule has 0 aromatic carbocycles. The Kier molecular flexibility index (Phi) is 5.14. The molecule has 1 fully saturated rings. The van der Waals surface area contributed by atoms with Crippen LogP contribution in [0.15, 0.2) is 6.07 Å². The van der Waals surface area contributed by atoms with Gasteiger partial charge in [0.05, 0.1) is 11.1 Å². The first-order valence-corrected chi connectivity index (χ1v) is 10.4. The summed E-state index contributed by atoms with van der Waals surface area (Å²) < 4.78 is 25.0. The van der Waals surface area contributed by atoms with Gasteiger partial charge in [-0.3, -0.25) is 0 Å². The molecule has 1 aromatic rings. The summed E-state index contributed by atoms with van der Waals surface area (Å²) >= 11 is 1.16. The van der Waals surface area contributed by atoms with Gasteiger partial charge in [0, 0.05) is 24.4 Å². The number of carbonyl (C=O) groups is 1. The van der Waals surface area contributed by atoms with Gasteiger partial charge in [0.15, 0.2) is 0 Å². The molecule has 24 heavy (non-hydrogen) atoms. The summed E-state index contributed by atoms with van der Waals surface area (Å²) in [6.45, 7) is 8.69. The third-order valence-electron chi connectivity index (χ3n) is 3.96. The first kappa shape index (κ1) is 19.0. The highest BCUT2D eigenvalue weighted by molar-refractivity contribution is 7.88. The molecule has 0 spiro atoms. The predicted octanol–water partition coefficient (Wildman–Crippen LogP) is 2.84. The lowest BCUT2D eigenvalue weighted by molar-refractivity contribution is 0.0700. The normalized spacial score (nSPS) is 22.2. The zero-order valence-electron chi connectivity index (χ0n) is 14.6. The van der Waals surface area contributed by atoms with Gasteiger partial charge in [-0.1, -0.05) is 18.8 Å². The van der Waals surface area contributed by atoms with Gasteiger partial charge in [0.2, 0.25) is 10.0 Å². The fourth-order valence-corrected chi connectivity index (χ4v) is 4.62. The van der Waals surface area contributed by atoms with Crippen LogP contribution in [0.4, 0.5) is 0 Å². The smallest absolute Gasteiger partial charge is 0.346 e. The van der Waals surface area contributed by atoms with Crippen molar-refractivity contribution >= 4 is 27.3 Å². The Labute approximate surface area is 147 Å². The van der Waals surface area contributed by atoms with Crippen LogP contribution in [0.3, 0.4) is 0 Å². The Hall–Kier alpha value is -1.36. The number of hydrogen-bond donors (Lipinski definition) is 1. The van der Waals surface area contributed by atoms with Gasteiger partial charge in [0.1, 0.15) is 4.88 Å². The summed E-state index contributed by atoms with van der Waals surface area (Å²) in [5.41, 5.74) is 0.533. The number of hydrogen-bond acceptors (Lipinski definition) is 4. The maximum atomic E-state index is 11.8. The number of sulfonamides is 1. The van der Waals surface area contributed by atoms with E-state index in [0.29, 0.717) is 23.5 Å². The maximum absolute atomic E-state index is 11.8. The lowest BCUT2D eigenvalue weighted by atomic mass is 9.90. The molecule has 1 aliphatic rings. The van der Waals surface area contributed by atoms with E-state index in [1.54, 1.807) is 0 Å². The molecule has 0 radical (unpaired) electrons. The van der Waals surface area contributed by atoms with E-state index in [4.69, 9.17) is 0 Å². The van der Waals surface area contributed by atoms with Crippen molar-refractivity contribution in [3.8, 4) is 11.8 Å². The standard InChI is InChI=1S/C17H23NO4S2/c1-11-9-18(24(5,21)22)10-14(11)13-8-12(6-7-17(2,3)4)23-15(13)16(19)20/h8,11,14H,9-10H2,1-5H3,(H,19,20)/t11-,14+/m1/s1. The van der Waals surface area contributed by atoms with Gasteiger partial charge in [-0.15, -0.1) is 11.3 Å². The van der Waals surface area contributed by atoms with Crippen LogP contribution in [-0.4, -0.2) is 43.1 Å². The van der Waals surface area contributed by atoms with E-state index in [-0.39, 0.29) is 22.1 Å². The summed E-state index contributed by atoms with van der Waals surface area (Å²) in [7, 11) is -3.27. The number of rotatable bonds is 3. The van der Waals surface area contributed by atoms with Crippen LogP contribution in [0.5, 0.6) is 0 Å². The number of carboxylic acids is 1. The average molecular weight is 370 g/mol. The van der Waals surface area contributed by atoms with Crippen molar-refractivity contribution in [2.24, 2.45) is 11.3 Å². The van der Waals surface area contributed by atoms with Crippen LogP contribution in [0.2, 0.25) is 0 Å². The second-order valence-electron chi connectivity index (χ2n) is 7.36. The van der Waals surface area contributed by atoms with E-state index < -0.39 is 16.0 Å². The van der Waals surface area contributed by atoms with Gasteiger partial charge in [-0.2, -0.15) is 0 Å². The molecule has 1 saturated heterocycles. The molecule has 2 heterocycles. The average Bonchev–Trinajstić information content (AvgIpc) is 2.98. The quantitative estimate of drug-likeness (QED) is 0.832. The number of aromatic carboxylic acids is 1. The predicted molar refractivity (Wildman–Crippen MR) is 95.9 cm³/mol. The molecular weight excluding hydrogens is 346 g/mol. The fourth-order valence-electron chi connectivity index (χ4n) is 2.76. The molecular formula is C17H23NO4S2. The van der Waals surface area contributed by atoms with E-state index in [1.807, 2.05) is 33.8 Å². The van der Waals surface area contributed by atoms with Crippen molar-refractivity contribution in [3.05, 3.63) is 21.4 Å². The minimum atomic E-state index is -3.27. The van der Waals surface area contributed by atoms with E-state index >= 15 is 0 Å². The van der Waals surface area contributed by atoms with Crippen molar-refractivity contribution in [3.63, 3.8) is 0 Å². The van der Waals surface area contributed by atoms with Crippen LogP contribution in [-0.2, 0) is 10.0 Å². The van der Waals surface area contributed by atoms with Crippen molar-refractivity contribution < 1.29 is 18.3 Å². The van der Waals surface area contributed by atoms with Gasteiger partial charge >= 0.3 is 5.97 Å². The Morgan fingerprint density at radius 2 is 2.00 bits per heavy atom. The van der Waals surface area contributed by atoms with Crippen molar-refractivity contribution in [1.82, 2.24) is 4.31 Å². The highest BCUT2D eigenvalue weighted by Gasteiger charge is 2.37. The zero-order chi connectivity index (χ0) is 18.3. The Morgan fingerprint density at radius 3 is 2.46 bits per heavy atom. The molecule has 0 amide bonds. The van der Waals surface area contributed by atoms with Crippen molar-refractivity contribution in [1.29, 1.82) is 0 Å². The Morgan fingerprint density at radius 1 is 1.38 bits per heavy atom. The molecule has 1 aromatic heterocycles. The lowest BCUT2D eigenvalue weighted by Gasteiger charge is -2.14. The Balaban J connectivity index is 2.41. The molecule has 1 N–H and O–H groups in total. The van der Waals surface area contributed by atoms with Crippen LogP contribution < -0.4 is 0 Å². The van der Waals surface area contributed by atoms with E-state index in [1.165, 1.54) is 10.6 Å². The minimum absolute atomic E-state index is 0.0656. The fraction of sp³-hybridized carbons (Fsp3) is 0.588. The topological polar surface area (TPSA) is 74.7 Å². The third-order valence-corrected chi connectivity index (χ3v) is 6.25. The highest BCUT2D eigenvalue weighted by Crippen LogP contribution is 2.38. The molecule has 7 heteroatoms. The second kappa shape index (κ2) is 6.51. The summed E-state index contributed by atoms with van der Waals surface area (Å²) in [5.74, 6) is 5.13. The molecule has 0 unspecified atom stereocenters. The SMILES string of the molecule is C[C@@H]1CN(S(C)(=O)=O)C[C@@H]1c1cc(C#CC(C)(C)C)sc1C(=O)O. The molecule has 0 saturated carbocycles. The van der Waals surface area contributed by atoms with Gasteiger partial charge in [-0.05, 0) is 38.3 Å². The minimum Gasteiger partial charge on any atom is -0.477 e. The van der Waals surface area contributed by atoms with Gasteiger partial charge in [0.25, 0.3) is 0 Å². The monoisotopic (exact) mass is 369 g/mol. The molecule has 0 bridgehead atoms. The van der Waals surface area contributed by atoms with Gasteiger partial charge < -0.3 is 5.11 Å². The van der Waals surface area contributed by atoms with Crippen LogP contribution in [0.25, 0.3) is 0 Å². The summed E-state index contributed by atoms with van der Waals surface area (Å²) in [6, 6.07) is 1.82. The maximum Gasteiger partial charge on any atom is 0.346 e. The molecule has 2 rings (SSSR count). The number of carboxylic acid groups (broad SMARTS) is 1. The van der Waals surface area contributed by atoms with E-state index in [0.717, 1.165) is 11.3 Å². The second-order valence-corrected chi connectivity index (χ2v) is 10.4. The molecule has 0 aliphatic carbocycles. The van der Waals surface area contributed by atoms with Crippen molar-refractivity contribution in [2.75, 3.05) is 19.3 Å². The first-order chi connectivity index (χ1) is 10.9. The summed E-state index contributed by atoms with van der Waals surface area (Å²) in [4.78, 5) is 12.6. The molecule has 1 aliphatic heterocycles. The number of nitrogens with zero attached hydrogens (tertiary/aromatic N) is 1. The molecule has 5 nitrogen and oxygen atoms in total. The zero-order valence-corrected chi connectivity index (χ0v) is 16.2.